The van der Waals surface area contributed by atoms with E-state index in [-0.39, 0.29) is 15.8 Å². The zero-order chi connectivity index (χ0) is 14.5. The summed E-state index contributed by atoms with van der Waals surface area (Å²) < 4.78 is 14.2. The molecule has 0 unspecified atom stereocenters. The highest BCUT2D eigenvalue weighted by atomic mass is 79.9. The normalized spacial score (nSPS) is 10.6. The molecule has 0 spiro atoms. The second-order valence-corrected chi connectivity index (χ2v) is 4.91. The number of nitrogens with zero attached hydrogens (tertiary/aromatic N) is 2. The van der Waals surface area contributed by atoms with Crippen LogP contribution >= 0.6 is 15.9 Å². The molecule has 0 bridgehead atoms. The molecule has 0 radical (unpaired) electrons. The van der Waals surface area contributed by atoms with E-state index < -0.39 is 0 Å². The number of nitrogens with one attached hydrogen (secondary N) is 1. The molecule has 0 aliphatic heterocycles. The van der Waals surface area contributed by atoms with Gasteiger partial charge in [-0.1, -0.05) is 12.1 Å². The van der Waals surface area contributed by atoms with Crippen LogP contribution in [0.5, 0.6) is 0 Å². The third kappa shape index (κ3) is 3.05. The number of hydrogen-bond acceptors (Lipinski definition) is 4. The van der Waals surface area contributed by atoms with Gasteiger partial charge in [0, 0.05) is 6.54 Å². The number of H-pyrrole nitrogens is 1. The van der Waals surface area contributed by atoms with E-state index in [2.05, 4.69) is 25.9 Å². The van der Waals surface area contributed by atoms with Gasteiger partial charge in [0.05, 0.1) is 12.0 Å². The zero-order valence-electron chi connectivity index (χ0n) is 10.6. The monoisotopic (exact) mass is 340 g/mol. The first-order valence-corrected chi connectivity index (χ1v) is 6.89. The van der Waals surface area contributed by atoms with Crippen LogP contribution in [0.1, 0.15) is 6.42 Å². The molecule has 1 heterocycles. The van der Waals surface area contributed by atoms with Crippen molar-refractivity contribution in [1.82, 2.24) is 9.97 Å². The van der Waals surface area contributed by atoms with Crippen molar-refractivity contribution in [1.29, 1.82) is 0 Å². The number of aromatic amines is 1. The van der Waals surface area contributed by atoms with Crippen molar-refractivity contribution in [2.24, 2.45) is 5.73 Å². The van der Waals surface area contributed by atoms with Crippen molar-refractivity contribution < 1.29 is 4.39 Å². The van der Waals surface area contributed by atoms with Crippen LogP contribution < -0.4 is 16.2 Å². The van der Waals surface area contributed by atoms with Crippen LogP contribution in [0.25, 0.3) is 0 Å². The maximum Gasteiger partial charge on any atom is 0.267 e. The van der Waals surface area contributed by atoms with Gasteiger partial charge in [0.2, 0.25) is 0 Å². The minimum absolute atomic E-state index is 0.264. The average Bonchev–Trinajstić information content (AvgIpc) is 2.45. The highest BCUT2D eigenvalue weighted by Gasteiger charge is 2.18. The van der Waals surface area contributed by atoms with E-state index in [0.717, 1.165) is 0 Å². The van der Waals surface area contributed by atoms with Crippen LogP contribution in [-0.4, -0.2) is 23.1 Å². The van der Waals surface area contributed by atoms with Gasteiger partial charge >= 0.3 is 0 Å². The van der Waals surface area contributed by atoms with Crippen molar-refractivity contribution in [3.05, 3.63) is 51.2 Å². The van der Waals surface area contributed by atoms with E-state index in [0.29, 0.717) is 31.0 Å². The summed E-state index contributed by atoms with van der Waals surface area (Å²) >= 11 is 3.19. The molecule has 1 aromatic heterocycles. The zero-order valence-corrected chi connectivity index (χ0v) is 12.2. The summed E-state index contributed by atoms with van der Waals surface area (Å²) in [6.07, 6.45) is 1.94. The number of rotatable bonds is 5. The highest BCUT2D eigenvalue weighted by Crippen LogP contribution is 2.29. The Morgan fingerprint density at radius 3 is 2.85 bits per heavy atom. The van der Waals surface area contributed by atoms with E-state index in [1.165, 1.54) is 12.4 Å². The van der Waals surface area contributed by atoms with Gasteiger partial charge in [-0.25, -0.2) is 9.37 Å². The SMILES string of the molecule is NCCCN(c1ccccc1F)c1nc[nH]c(=O)c1Br. The minimum Gasteiger partial charge on any atom is -0.330 e. The Morgan fingerprint density at radius 2 is 2.15 bits per heavy atom. The van der Waals surface area contributed by atoms with E-state index in [1.807, 2.05) is 0 Å². The van der Waals surface area contributed by atoms with E-state index >= 15 is 0 Å². The fraction of sp³-hybridized carbons (Fsp3) is 0.231. The van der Waals surface area contributed by atoms with Gasteiger partial charge in [-0.05, 0) is 41.0 Å². The summed E-state index contributed by atoms with van der Waals surface area (Å²) in [6, 6.07) is 6.35. The van der Waals surface area contributed by atoms with E-state index in [4.69, 9.17) is 5.73 Å². The topological polar surface area (TPSA) is 75.0 Å². The summed E-state index contributed by atoms with van der Waals surface area (Å²) in [5.74, 6) is -0.00852. The largest absolute Gasteiger partial charge is 0.330 e. The van der Waals surface area contributed by atoms with Crippen LogP contribution in [-0.2, 0) is 0 Å². The number of anilines is 2. The van der Waals surface area contributed by atoms with Gasteiger partial charge in [0.25, 0.3) is 5.56 Å². The molecule has 0 aliphatic rings. The molecule has 5 nitrogen and oxygen atoms in total. The fourth-order valence-corrected chi connectivity index (χ4v) is 2.25. The van der Waals surface area contributed by atoms with Gasteiger partial charge < -0.3 is 15.6 Å². The lowest BCUT2D eigenvalue weighted by atomic mass is 10.2. The maximum atomic E-state index is 14.0. The Kier molecular flexibility index (Phi) is 4.86. The first-order chi connectivity index (χ1) is 9.65. The predicted octanol–water partition coefficient (Wildman–Crippen LogP) is 2.16. The fourth-order valence-electron chi connectivity index (χ4n) is 1.82. The molecule has 0 saturated heterocycles. The van der Waals surface area contributed by atoms with E-state index in [1.54, 1.807) is 23.1 Å². The maximum absolute atomic E-state index is 14.0. The lowest BCUT2D eigenvalue weighted by Crippen LogP contribution is -2.25. The lowest BCUT2D eigenvalue weighted by molar-refractivity contribution is 0.622. The molecule has 106 valence electrons. The molecule has 0 aliphatic carbocycles. The number of halogens is 2. The summed E-state index contributed by atoms with van der Waals surface area (Å²) in [7, 11) is 0. The van der Waals surface area contributed by atoms with Gasteiger partial charge in [-0.15, -0.1) is 0 Å². The van der Waals surface area contributed by atoms with Crippen molar-refractivity contribution in [3.63, 3.8) is 0 Å². The van der Waals surface area contributed by atoms with Crippen LogP contribution in [0.4, 0.5) is 15.9 Å². The van der Waals surface area contributed by atoms with Crippen molar-refractivity contribution >= 4 is 27.4 Å². The van der Waals surface area contributed by atoms with Crippen molar-refractivity contribution in [2.75, 3.05) is 18.0 Å². The molecular formula is C13H14BrFN4O. The Balaban J connectivity index is 2.50. The van der Waals surface area contributed by atoms with Crippen LogP contribution in [0.15, 0.2) is 39.9 Å². The van der Waals surface area contributed by atoms with Crippen LogP contribution in [0.2, 0.25) is 0 Å². The number of hydrogen-bond donors (Lipinski definition) is 2. The molecule has 20 heavy (non-hydrogen) atoms. The molecule has 3 N–H and O–H groups in total. The minimum atomic E-state index is -0.376. The molecule has 0 atom stereocenters. The number of nitrogens with two attached hydrogens (primary N) is 1. The standard InChI is InChI=1S/C13H14BrFN4O/c14-11-12(17-8-18-13(11)20)19(7-3-6-16)10-5-2-1-4-9(10)15/h1-2,4-5,8H,3,6-7,16H2,(H,17,18,20). The highest BCUT2D eigenvalue weighted by molar-refractivity contribution is 9.10. The molecule has 1 aromatic carbocycles. The van der Waals surface area contributed by atoms with Crippen molar-refractivity contribution in [2.45, 2.75) is 6.42 Å². The third-order valence-electron chi connectivity index (χ3n) is 2.76. The smallest absolute Gasteiger partial charge is 0.267 e. The predicted molar refractivity (Wildman–Crippen MR) is 79.6 cm³/mol. The number of benzene rings is 1. The summed E-state index contributed by atoms with van der Waals surface area (Å²) in [5, 5.41) is 0. The Bertz CT molecular complexity index is 646. The lowest BCUT2D eigenvalue weighted by Gasteiger charge is -2.24. The van der Waals surface area contributed by atoms with Crippen LogP contribution in [0, 0.1) is 5.82 Å². The molecule has 2 rings (SSSR count). The summed E-state index contributed by atoms with van der Waals surface area (Å²) in [4.78, 5) is 19.9. The quantitative estimate of drug-likeness (QED) is 0.874. The molecule has 0 fully saturated rings. The van der Waals surface area contributed by atoms with Crippen molar-refractivity contribution in [3.8, 4) is 0 Å². The first kappa shape index (κ1) is 14.7. The Hall–Kier alpha value is -1.73. The first-order valence-electron chi connectivity index (χ1n) is 6.10. The molecule has 0 amide bonds. The van der Waals surface area contributed by atoms with Gasteiger partial charge in [-0.2, -0.15) is 0 Å². The second-order valence-electron chi connectivity index (χ2n) is 4.11. The number of para-hydroxylation sites is 1. The van der Waals surface area contributed by atoms with Gasteiger partial charge in [0.1, 0.15) is 10.3 Å². The molecular weight excluding hydrogens is 327 g/mol. The van der Waals surface area contributed by atoms with Gasteiger partial charge in [0.15, 0.2) is 5.82 Å². The summed E-state index contributed by atoms with van der Waals surface area (Å²) in [6.45, 7) is 0.929. The second kappa shape index (κ2) is 6.62. The Morgan fingerprint density at radius 1 is 1.40 bits per heavy atom. The third-order valence-corrected chi connectivity index (χ3v) is 3.48. The molecule has 7 heteroatoms. The van der Waals surface area contributed by atoms with Crippen LogP contribution in [0.3, 0.4) is 0 Å². The summed E-state index contributed by atoms with van der Waals surface area (Å²) in [5.41, 5.74) is 5.56. The molecule has 2 aromatic rings. The Labute approximate surface area is 123 Å². The average molecular weight is 341 g/mol. The van der Waals surface area contributed by atoms with E-state index in [9.17, 15) is 9.18 Å². The number of aromatic nitrogens is 2. The molecule has 0 saturated carbocycles. The van der Waals surface area contributed by atoms with Gasteiger partial charge in [-0.3, -0.25) is 4.79 Å².